The number of carboxylic acids is 1. The second-order valence-electron chi connectivity index (χ2n) is 3.89. The van der Waals surface area contributed by atoms with Crippen molar-refractivity contribution in [1.82, 2.24) is 9.55 Å². The topological polar surface area (TPSA) is 81.4 Å². The molecule has 106 valence electrons. The second kappa shape index (κ2) is 8.71. The first-order chi connectivity index (χ1) is 9.13. The lowest BCUT2D eigenvalue weighted by Crippen LogP contribution is -2.15. The van der Waals surface area contributed by atoms with Gasteiger partial charge in [-0.05, 0) is 12.8 Å². The molecule has 0 unspecified atom stereocenters. The van der Waals surface area contributed by atoms with Crippen LogP contribution in [0.1, 0.15) is 19.8 Å². The molecule has 6 nitrogen and oxygen atoms in total. The lowest BCUT2D eigenvalue weighted by molar-refractivity contribution is -0.133. The first-order valence-electron chi connectivity index (χ1n) is 6.13. The summed E-state index contributed by atoms with van der Waals surface area (Å²) in [5, 5.41) is 9.09. The fraction of sp³-hybridized carbons (Fsp3) is 0.583. The summed E-state index contributed by atoms with van der Waals surface area (Å²) in [5.74, 6) is -1.04. The van der Waals surface area contributed by atoms with Gasteiger partial charge in [-0.1, -0.05) is 18.7 Å². The highest BCUT2D eigenvalue weighted by atomic mass is 32.2. The lowest BCUT2D eigenvalue weighted by Gasteiger charge is -2.10. The van der Waals surface area contributed by atoms with Gasteiger partial charge in [-0.2, -0.15) is 4.98 Å². The summed E-state index contributed by atoms with van der Waals surface area (Å²) in [7, 11) is 0. The Kier molecular flexibility index (Phi) is 7.20. The third kappa shape index (κ3) is 6.40. The Morgan fingerprint density at radius 2 is 2.32 bits per heavy atom. The number of aromatic nitrogens is 2. The summed E-state index contributed by atoms with van der Waals surface area (Å²) in [6.45, 7) is 4.08. The monoisotopic (exact) mass is 286 g/mol. The van der Waals surface area contributed by atoms with E-state index in [-0.39, 0.29) is 11.3 Å². The van der Waals surface area contributed by atoms with Gasteiger partial charge in [0.05, 0.1) is 5.75 Å². The van der Waals surface area contributed by atoms with Crippen molar-refractivity contribution < 1.29 is 14.6 Å². The van der Waals surface area contributed by atoms with Crippen LogP contribution < -0.4 is 5.56 Å². The minimum atomic E-state index is -0.930. The van der Waals surface area contributed by atoms with Crippen LogP contribution in [0, 0.1) is 0 Å². The van der Waals surface area contributed by atoms with Gasteiger partial charge >= 0.3 is 5.97 Å². The first kappa shape index (κ1) is 15.7. The summed E-state index contributed by atoms with van der Waals surface area (Å²) >= 11 is 1.05. The smallest absolute Gasteiger partial charge is 0.313 e. The number of carboxylic acid groups (broad SMARTS) is 1. The van der Waals surface area contributed by atoms with Gasteiger partial charge in [-0.25, -0.2) is 0 Å². The normalized spacial score (nSPS) is 10.6. The van der Waals surface area contributed by atoms with E-state index < -0.39 is 5.97 Å². The molecule has 1 aromatic rings. The Hall–Kier alpha value is -1.34. The van der Waals surface area contributed by atoms with Gasteiger partial charge in [0.1, 0.15) is 0 Å². The van der Waals surface area contributed by atoms with Crippen molar-refractivity contribution in [3.63, 3.8) is 0 Å². The maximum Gasteiger partial charge on any atom is 0.313 e. The highest BCUT2D eigenvalue weighted by Crippen LogP contribution is 2.13. The van der Waals surface area contributed by atoms with Gasteiger partial charge in [0.2, 0.25) is 0 Å². The Morgan fingerprint density at radius 3 is 3.00 bits per heavy atom. The number of nitrogens with zero attached hydrogens (tertiary/aromatic N) is 2. The molecule has 1 N–H and O–H groups in total. The van der Waals surface area contributed by atoms with E-state index in [1.54, 1.807) is 10.8 Å². The third-order valence-electron chi connectivity index (χ3n) is 2.21. The molecule has 7 heteroatoms. The maximum atomic E-state index is 11.2. The molecule has 0 aliphatic rings. The van der Waals surface area contributed by atoms with Gasteiger partial charge in [-0.15, -0.1) is 0 Å². The number of thioether (sulfide) groups is 1. The molecule has 0 spiro atoms. The molecule has 1 rings (SSSR count). The minimum Gasteiger partial charge on any atom is -0.481 e. The summed E-state index contributed by atoms with van der Waals surface area (Å²) < 4.78 is 7.15. The van der Waals surface area contributed by atoms with Crippen LogP contribution >= 0.6 is 11.8 Å². The van der Waals surface area contributed by atoms with Crippen LogP contribution in [-0.2, 0) is 16.1 Å². The van der Waals surface area contributed by atoms with Gasteiger partial charge in [-0.3, -0.25) is 9.59 Å². The average molecular weight is 286 g/mol. The maximum absolute atomic E-state index is 11.2. The van der Waals surface area contributed by atoms with Crippen molar-refractivity contribution in [2.45, 2.75) is 31.5 Å². The number of aliphatic carboxylic acids is 1. The number of hydrogen-bond donors (Lipinski definition) is 1. The third-order valence-corrected chi connectivity index (χ3v) is 3.18. The number of aryl methyl sites for hydroxylation is 1. The fourth-order valence-electron chi connectivity index (χ4n) is 1.41. The van der Waals surface area contributed by atoms with Crippen LogP contribution in [0.2, 0.25) is 0 Å². The zero-order chi connectivity index (χ0) is 14.1. The average Bonchev–Trinajstić information content (AvgIpc) is 2.38. The molecular weight excluding hydrogens is 268 g/mol. The van der Waals surface area contributed by atoms with Crippen molar-refractivity contribution in [2.24, 2.45) is 0 Å². The Labute approximate surface area is 115 Å². The van der Waals surface area contributed by atoms with Crippen molar-refractivity contribution >= 4 is 17.7 Å². The summed E-state index contributed by atoms with van der Waals surface area (Å²) in [4.78, 5) is 25.6. The van der Waals surface area contributed by atoms with Crippen molar-refractivity contribution in [1.29, 1.82) is 0 Å². The van der Waals surface area contributed by atoms with E-state index in [4.69, 9.17) is 9.84 Å². The van der Waals surface area contributed by atoms with E-state index in [9.17, 15) is 9.59 Å². The summed E-state index contributed by atoms with van der Waals surface area (Å²) in [6.07, 6.45) is 3.42. The van der Waals surface area contributed by atoms with E-state index >= 15 is 0 Å². The number of rotatable bonds is 9. The molecule has 1 aromatic heterocycles. The van der Waals surface area contributed by atoms with Crippen molar-refractivity contribution in [3.8, 4) is 0 Å². The number of hydrogen-bond acceptors (Lipinski definition) is 5. The molecule has 0 amide bonds. The van der Waals surface area contributed by atoms with Crippen LogP contribution in [0.3, 0.4) is 0 Å². The lowest BCUT2D eigenvalue weighted by atomic mass is 10.4. The molecule has 0 aliphatic heterocycles. The van der Waals surface area contributed by atoms with Gasteiger partial charge in [0.25, 0.3) is 5.56 Å². The summed E-state index contributed by atoms with van der Waals surface area (Å²) in [6, 6.07) is 1.37. The summed E-state index contributed by atoms with van der Waals surface area (Å²) in [5.41, 5.74) is -0.355. The molecule has 0 atom stereocenters. The molecule has 0 fully saturated rings. The van der Waals surface area contributed by atoms with Gasteiger partial charge in [0.15, 0.2) is 5.16 Å². The fourth-order valence-corrected chi connectivity index (χ4v) is 2.13. The molecule has 0 radical (unpaired) electrons. The highest BCUT2D eigenvalue weighted by Gasteiger charge is 2.06. The van der Waals surface area contributed by atoms with Gasteiger partial charge in [0, 0.05) is 32.0 Å². The van der Waals surface area contributed by atoms with Gasteiger partial charge < -0.3 is 14.4 Å². The van der Waals surface area contributed by atoms with E-state index in [0.29, 0.717) is 18.3 Å². The van der Waals surface area contributed by atoms with E-state index in [0.717, 1.165) is 31.2 Å². The molecule has 0 bridgehead atoms. The van der Waals surface area contributed by atoms with Crippen LogP contribution in [-0.4, -0.2) is 39.6 Å². The minimum absolute atomic E-state index is 0.108. The number of carbonyl (C=O) groups is 1. The predicted octanol–water partition coefficient (Wildman–Crippen LogP) is 1.24. The quantitative estimate of drug-likeness (QED) is 0.418. The van der Waals surface area contributed by atoms with Crippen molar-refractivity contribution in [3.05, 3.63) is 22.6 Å². The second-order valence-corrected chi connectivity index (χ2v) is 4.83. The Balaban J connectivity index is 2.55. The molecule has 0 saturated heterocycles. The zero-order valence-electron chi connectivity index (χ0n) is 10.9. The Bertz CT molecular complexity index is 461. The van der Waals surface area contributed by atoms with E-state index in [1.165, 1.54) is 6.07 Å². The van der Waals surface area contributed by atoms with Crippen molar-refractivity contribution in [2.75, 3.05) is 19.0 Å². The SMILES string of the molecule is CCCOCCCn1ccc(=O)nc1SCC(=O)O. The molecule has 19 heavy (non-hydrogen) atoms. The zero-order valence-corrected chi connectivity index (χ0v) is 11.7. The molecule has 0 aliphatic carbocycles. The predicted molar refractivity (Wildman–Crippen MR) is 72.6 cm³/mol. The molecule has 0 saturated carbocycles. The first-order valence-corrected chi connectivity index (χ1v) is 7.12. The van der Waals surface area contributed by atoms with Crippen LogP contribution in [0.4, 0.5) is 0 Å². The van der Waals surface area contributed by atoms with Crippen LogP contribution in [0.15, 0.2) is 22.2 Å². The van der Waals surface area contributed by atoms with E-state index in [1.807, 2.05) is 6.92 Å². The molecule has 1 heterocycles. The van der Waals surface area contributed by atoms with E-state index in [2.05, 4.69) is 4.98 Å². The number of ether oxygens (including phenoxy) is 1. The standard InChI is InChI=1S/C12H18N2O4S/c1-2-7-18-8-3-5-14-6-4-10(15)13-12(14)19-9-11(16)17/h4,6H,2-3,5,7-9H2,1H3,(H,16,17). The van der Waals surface area contributed by atoms with Crippen LogP contribution in [0.25, 0.3) is 0 Å². The Morgan fingerprint density at radius 1 is 1.53 bits per heavy atom. The van der Waals surface area contributed by atoms with Crippen LogP contribution in [0.5, 0.6) is 0 Å². The largest absolute Gasteiger partial charge is 0.481 e. The molecule has 0 aromatic carbocycles. The molecular formula is C12H18N2O4S. The highest BCUT2D eigenvalue weighted by molar-refractivity contribution is 7.99.